The number of carbonyl (C=O) groups is 2. The normalized spacial score (nSPS) is 21.8. The lowest BCUT2D eigenvalue weighted by molar-refractivity contribution is -0.137. The smallest absolute Gasteiger partial charge is 0.370 e. The Labute approximate surface area is 184 Å². The summed E-state index contributed by atoms with van der Waals surface area (Å²) < 4.78 is 40.1. The van der Waals surface area contributed by atoms with Crippen molar-refractivity contribution >= 4 is 18.0 Å². The van der Waals surface area contributed by atoms with E-state index in [9.17, 15) is 22.8 Å². The maximum atomic E-state index is 13.4. The van der Waals surface area contributed by atoms with E-state index in [2.05, 4.69) is 10.2 Å². The second kappa shape index (κ2) is 8.48. The van der Waals surface area contributed by atoms with Gasteiger partial charge < -0.3 is 14.7 Å². The highest BCUT2D eigenvalue weighted by Crippen LogP contribution is 2.41. The van der Waals surface area contributed by atoms with Gasteiger partial charge >= 0.3 is 6.18 Å². The minimum atomic E-state index is -4.40. The number of aromatic amines is 1. The number of halogens is 3. The molecule has 2 saturated heterocycles. The van der Waals surface area contributed by atoms with Crippen molar-refractivity contribution in [3.63, 3.8) is 0 Å². The predicted molar refractivity (Wildman–Crippen MR) is 112 cm³/mol. The summed E-state index contributed by atoms with van der Waals surface area (Å²) in [4.78, 5) is 29.1. The number of benzene rings is 1. The molecule has 0 saturated carbocycles. The third-order valence-corrected chi connectivity index (χ3v) is 6.35. The number of carbonyl (C=O) groups excluding carboxylic acids is 2. The van der Waals surface area contributed by atoms with Crippen molar-refractivity contribution in [1.82, 2.24) is 20.0 Å². The number of aromatic nitrogens is 2. The highest BCUT2D eigenvalue weighted by Gasteiger charge is 2.45. The van der Waals surface area contributed by atoms with Gasteiger partial charge in [-0.1, -0.05) is 26.0 Å². The van der Waals surface area contributed by atoms with Crippen molar-refractivity contribution in [2.75, 3.05) is 31.1 Å². The van der Waals surface area contributed by atoms with Gasteiger partial charge in [-0.3, -0.25) is 14.7 Å². The van der Waals surface area contributed by atoms with E-state index in [0.717, 1.165) is 23.7 Å². The first-order valence-corrected chi connectivity index (χ1v) is 10.8. The standard InChI is InChI=1S/C20H20F3N5O2.C2H6/c21-20(22,23)15-3-1-2-4-17(15)27-5-12-7-28(8-13(12)6-27)19(30)18-14-9-26(11-29)10-16(14)24-25-18;1-2/h1-4,11-13H,5-10H2,(H,24,25);1-2H3/t12-,13+;. The Balaban J connectivity index is 0.00000119. The lowest BCUT2D eigenvalue weighted by Gasteiger charge is -2.25. The highest BCUT2D eigenvalue weighted by molar-refractivity contribution is 5.94. The zero-order valence-corrected chi connectivity index (χ0v) is 18.0. The zero-order chi connectivity index (χ0) is 23.0. The van der Waals surface area contributed by atoms with Crippen molar-refractivity contribution in [2.45, 2.75) is 33.1 Å². The van der Waals surface area contributed by atoms with Crippen molar-refractivity contribution in [1.29, 1.82) is 0 Å². The topological polar surface area (TPSA) is 72.5 Å². The molecule has 172 valence electrons. The first-order chi connectivity index (χ1) is 15.3. The molecule has 1 aromatic carbocycles. The van der Waals surface area contributed by atoms with Crippen LogP contribution >= 0.6 is 0 Å². The molecule has 0 aliphatic carbocycles. The number of hydrogen-bond acceptors (Lipinski definition) is 4. The molecule has 1 N–H and O–H groups in total. The molecule has 7 nitrogen and oxygen atoms in total. The molecule has 2 atom stereocenters. The average molecular weight is 449 g/mol. The van der Waals surface area contributed by atoms with Crippen LogP contribution in [0.4, 0.5) is 18.9 Å². The van der Waals surface area contributed by atoms with E-state index >= 15 is 0 Å². The second-order valence-corrected chi connectivity index (χ2v) is 8.19. The van der Waals surface area contributed by atoms with Crippen molar-refractivity contribution in [3.05, 3.63) is 46.8 Å². The van der Waals surface area contributed by atoms with Crippen LogP contribution in [0.2, 0.25) is 0 Å². The minimum Gasteiger partial charge on any atom is -0.370 e. The van der Waals surface area contributed by atoms with E-state index in [1.165, 1.54) is 12.1 Å². The Kier molecular flexibility index (Phi) is 5.87. The fraction of sp³-hybridized carbons (Fsp3) is 0.500. The summed E-state index contributed by atoms with van der Waals surface area (Å²) in [7, 11) is 0. The number of nitrogens with one attached hydrogen (secondary N) is 1. The molecule has 2 fully saturated rings. The third-order valence-electron chi connectivity index (χ3n) is 6.35. The minimum absolute atomic E-state index is 0.119. The van der Waals surface area contributed by atoms with Crippen LogP contribution in [0.1, 0.15) is 41.2 Å². The largest absolute Gasteiger partial charge is 0.418 e. The lowest BCUT2D eigenvalue weighted by Crippen LogP contribution is -2.34. The van der Waals surface area contributed by atoms with Gasteiger partial charge in [-0.05, 0) is 12.1 Å². The monoisotopic (exact) mass is 449 g/mol. The molecule has 0 bridgehead atoms. The van der Waals surface area contributed by atoms with Gasteiger partial charge in [0.15, 0.2) is 5.69 Å². The van der Waals surface area contributed by atoms with Gasteiger partial charge in [0.1, 0.15) is 0 Å². The van der Waals surface area contributed by atoms with E-state index < -0.39 is 11.7 Å². The fourth-order valence-corrected chi connectivity index (χ4v) is 4.91. The van der Waals surface area contributed by atoms with E-state index in [1.807, 2.05) is 13.8 Å². The van der Waals surface area contributed by atoms with Gasteiger partial charge in [0.05, 0.1) is 24.3 Å². The second-order valence-electron chi connectivity index (χ2n) is 8.19. The number of anilines is 1. The van der Waals surface area contributed by atoms with Crippen molar-refractivity contribution < 1.29 is 22.8 Å². The molecule has 0 radical (unpaired) electrons. The van der Waals surface area contributed by atoms with E-state index in [1.54, 1.807) is 20.8 Å². The molecule has 2 amide bonds. The average Bonchev–Trinajstić information content (AvgIpc) is 3.53. The Morgan fingerprint density at radius 2 is 1.75 bits per heavy atom. The molecule has 10 heteroatoms. The van der Waals surface area contributed by atoms with Crippen molar-refractivity contribution in [3.8, 4) is 0 Å². The van der Waals surface area contributed by atoms with E-state index in [4.69, 9.17) is 0 Å². The Bertz CT molecular complexity index is 992. The van der Waals surface area contributed by atoms with Gasteiger partial charge in [-0.2, -0.15) is 18.3 Å². The number of alkyl halides is 3. The summed E-state index contributed by atoms with van der Waals surface area (Å²) in [5.74, 6) is 0.0549. The molecule has 0 unspecified atom stereocenters. The van der Waals surface area contributed by atoms with Gasteiger partial charge in [0.2, 0.25) is 6.41 Å². The summed E-state index contributed by atoms with van der Waals surface area (Å²) in [6, 6.07) is 5.64. The van der Waals surface area contributed by atoms with Crippen LogP contribution in [0, 0.1) is 11.8 Å². The zero-order valence-electron chi connectivity index (χ0n) is 18.0. The third kappa shape index (κ3) is 3.82. The number of rotatable bonds is 3. The Morgan fingerprint density at radius 3 is 2.38 bits per heavy atom. The Morgan fingerprint density at radius 1 is 1.09 bits per heavy atom. The van der Waals surface area contributed by atoms with Crippen LogP contribution in [0.15, 0.2) is 24.3 Å². The fourth-order valence-electron chi connectivity index (χ4n) is 4.91. The Hall–Kier alpha value is -3.04. The van der Waals surface area contributed by atoms with E-state index in [0.29, 0.717) is 45.0 Å². The highest BCUT2D eigenvalue weighted by atomic mass is 19.4. The number of para-hydroxylation sites is 1. The van der Waals surface area contributed by atoms with Crippen LogP contribution < -0.4 is 4.90 Å². The number of hydrogen-bond donors (Lipinski definition) is 1. The molecular formula is C22H26F3N5O2. The lowest BCUT2D eigenvalue weighted by atomic mass is 10.0. The molecule has 3 aliphatic heterocycles. The summed E-state index contributed by atoms with van der Waals surface area (Å²) in [5.41, 5.74) is 1.46. The van der Waals surface area contributed by atoms with Crippen LogP contribution in [0.25, 0.3) is 0 Å². The number of amides is 2. The van der Waals surface area contributed by atoms with Crippen LogP contribution in [0.5, 0.6) is 0 Å². The van der Waals surface area contributed by atoms with Crippen LogP contribution in [-0.4, -0.2) is 58.5 Å². The molecule has 5 rings (SSSR count). The molecule has 4 heterocycles. The molecular weight excluding hydrogens is 423 g/mol. The molecule has 32 heavy (non-hydrogen) atoms. The quantitative estimate of drug-likeness (QED) is 0.731. The van der Waals surface area contributed by atoms with Crippen LogP contribution in [0.3, 0.4) is 0 Å². The maximum Gasteiger partial charge on any atom is 0.418 e. The summed E-state index contributed by atoms with van der Waals surface area (Å²) in [6.45, 7) is 6.73. The predicted octanol–water partition coefficient (Wildman–Crippen LogP) is 3.14. The van der Waals surface area contributed by atoms with Crippen LogP contribution in [-0.2, 0) is 24.1 Å². The molecule has 1 aromatic heterocycles. The van der Waals surface area contributed by atoms with Gasteiger partial charge in [-0.15, -0.1) is 0 Å². The molecule has 3 aliphatic rings. The molecule has 0 spiro atoms. The maximum absolute atomic E-state index is 13.4. The van der Waals surface area contributed by atoms with Gasteiger partial charge in [-0.25, -0.2) is 0 Å². The number of nitrogens with zero attached hydrogens (tertiary/aromatic N) is 4. The van der Waals surface area contributed by atoms with E-state index in [-0.39, 0.29) is 23.4 Å². The van der Waals surface area contributed by atoms with Gasteiger partial charge in [0.25, 0.3) is 5.91 Å². The summed E-state index contributed by atoms with van der Waals surface area (Å²) in [6.07, 6.45) is -3.65. The molecule has 2 aromatic rings. The number of likely N-dealkylation sites (tertiary alicyclic amines) is 1. The number of fused-ring (bicyclic) bond motifs is 2. The van der Waals surface area contributed by atoms with Gasteiger partial charge in [0, 0.05) is 49.3 Å². The first-order valence-electron chi connectivity index (χ1n) is 10.8. The summed E-state index contributed by atoms with van der Waals surface area (Å²) in [5, 5.41) is 6.99. The van der Waals surface area contributed by atoms with Crippen molar-refractivity contribution in [2.24, 2.45) is 11.8 Å². The summed E-state index contributed by atoms with van der Waals surface area (Å²) >= 11 is 0. The SMILES string of the molecule is CC.O=CN1Cc2[nH]nc(C(=O)N3C[C@@H]4CN(c5ccccc5C(F)(F)F)C[C@@H]4C3)c2C1. The number of H-pyrrole nitrogens is 1. The first kappa shape index (κ1) is 22.2.